The molecule has 5 nitrogen and oxygen atoms in total. The van der Waals surface area contributed by atoms with Gasteiger partial charge in [-0.15, -0.1) is 23.7 Å². The molecule has 1 aliphatic rings. The van der Waals surface area contributed by atoms with Crippen LogP contribution in [0.25, 0.3) is 16.2 Å². The molecule has 1 aromatic carbocycles. The predicted octanol–water partition coefficient (Wildman–Crippen LogP) is 3.96. The summed E-state index contributed by atoms with van der Waals surface area (Å²) < 4.78 is 2.02. The minimum absolute atomic E-state index is 0. The number of hydrogen-bond acceptors (Lipinski definition) is 4. The van der Waals surface area contributed by atoms with Crippen molar-refractivity contribution in [1.82, 2.24) is 14.7 Å². The van der Waals surface area contributed by atoms with Crippen LogP contribution in [-0.2, 0) is 4.79 Å². The molecule has 0 bridgehead atoms. The summed E-state index contributed by atoms with van der Waals surface area (Å²) in [6.45, 7) is 1.08. The average molecular weight is 377 g/mol. The summed E-state index contributed by atoms with van der Waals surface area (Å²) in [5.41, 5.74) is 2.84. The highest BCUT2D eigenvalue weighted by Gasteiger charge is 2.15. The number of benzene rings is 1. The first-order chi connectivity index (χ1) is 11.8. The summed E-state index contributed by atoms with van der Waals surface area (Å²) in [6.07, 6.45) is 7.91. The Balaban J connectivity index is 0.00000182. The van der Waals surface area contributed by atoms with Crippen LogP contribution in [0.2, 0.25) is 0 Å². The second kappa shape index (κ2) is 7.99. The highest BCUT2D eigenvalue weighted by atomic mass is 35.5. The Kier molecular flexibility index (Phi) is 5.73. The van der Waals surface area contributed by atoms with Crippen molar-refractivity contribution in [3.05, 3.63) is 42.0 Å². The van der Waals surface area contributed by atoms with Gasteiger partial charge in [-0.3, -0.25) is 9.20 Å². The maximum atomic E-state index is 12.1. The van der Waals surface area contributed by atoms with E-state index in [1.54, 1.807) is 11.3 Å². The van der Waals surface area contributed by atoms with Crippen LogP contribution in [0.3, 0.4) is 0 Å². The lowest BCUT2D eigenvalue weighted by Gasteiger charge is -2.10. The van der Waals surface area contributed by atoms with Gasteiger partial charge in [0.15, 0.2) is 4.96 Å². The van der Waals surface area contributed by atoms with Crippen molar-refractivity contribution in [2.45, 2.75) is 31.7 Å². The van der Waals surface area contributed by atoms with E-state index in [-0.39, 0.29) is 18.3 Å². The quantitative estimate of drug-likeness (QED) is 0.708. The monoisotopic (exact) mass is 376 g/mol. The Morgan fingerprint density at radius 2 is 2.20 bits per heavy atom. The third-order valence-electron chi connectivity index (χ3n) is 4.44. The molecular formula is C18H21ClN4OS. The number of nitrogens with one attached hydrogen (secondary N) is 2. The van der Waals surface area contributed by atoms with Gasteiger partial charge in [-0.1, -0.05) is 12.1 Å². The van der Waals surface area contributed by atoms with Gasteiger partial charge >= 0.3 is 0 Å². The minimum Gasteiger partial charge on any atom is -0.326 e. The molecule has 1 amide bonds. The molecule has 1 fully saturated rings. The van der Waals surface area contributed by atoms with Crippen molar-refractivity contribution >= 4 is 40.3 Å². The Bertz CT molecular complexity index is 808. The number of carbonyl (C=O) groups excluding carboxylic acids is 1. The van der Waals surface area contributed by atoms with E-state index in [1.165, 1.54) is 12.8 Å². The average Bonchev–Trinajstić information content (AvgIpc) is 3.30. The van der Waals surface area contributed by atoms with Crippen LogP contribution in [-0.4, -0.2) is 27.9 Å². The number of amides is 1. The van der Waals surface area contributed by atoms with E-state index in [0.29, 0.717) is 12.5 Å². The van der Waals surface area contributed by atoms with Crippen molar-refractivity contribution in [2.75, 3.05) is 11.9 Å². The van der Waals surface area contributed by atoms with E-state index in [2.05, 4.69) is 15.6 Å². The first kappa shape index (κ1) is 17.9. The molecule has 7 heteroatoms. The smallest absolute Gasteiger partial charge is 0.224 e. The second-order valence-corrected chi connectivity index (χ2v) is 7.05. The zero-order valence-electron chi connectivity index (χ0n) is 13.8. The number of fused-ring (bicyclic) bond motifs is 1. The number of anilines is 1. The first-order valence-electron chi connectivity index (χ1n) is 8.34. The van der Waals surface area contributed by atoms with E-state index >= 15 is 0 Å². The Morgan fingerprint density at radius 1 is 1.36 bits per heavy atom. The number of nitrogens with zero attached hydrogens (tertiary/aromatic N) is 2. The Morgan fingerprint density at radius 3 is 2.92 bits per heavy atom. The largest absolute Gasteiger partial charge is 0.326 e. The van der Waals surface area contributed by atoms with E-state index in [9.17, 15) is 4.79 Å². The number of rotatable bonds is 5. The highest BCUT2D eigenvalue weighted by molar-refractivity contribution is 7.15. The molecule has 132 valence electrons. The minimum atomic E-state index is 0. The fraction of sp³-hybridized carbons (Fsp3) is 0.333. The molecule has 3 aromatic rings. The SMILES string of the molecule is Cl.O=C(CCC1CCCN1)Nc1ccc(-c2cn3ccsc3n2)cc1. The molecule has 25 heavy (non-hydrogen) atoms. The lowest BCUT2D eigenvalue weighted by atomic mass is 10.1. The van der Waals surface area contributed by atoms with E-state index < -0.39 is 0 Å². The molecule has 2 aromatic heterocycles. The van der Waals surface area contributed by atoms with Crippen molar-refractivity contribution in [1.29, 1.82) is 0 Å². The molecule has 1 aliphatic heterocycles. The second-order valence-electron chi connectivity index (χ2n) is 6.18. The third kappa shape index (κ3) is 4.21. The van der Waals surface area contributed by atoms with E-state index in [1.807, 2.05) is 46.4 Å². The van der Waals surface area contributed by atoms with Crippen LogP contribution < -0.4 is 10.6 Å². The van der Waals surface area contributed by atoms with Gasteiger partial charge in [0.1, 0.15) is 0 Å². The van der Waals surface area contributed by atoms with Crippen molar-refractivity contribution in [3.63, 3.8) is 0 Å². The van der Waals surface area contributed by atoms with Crippen molar-refractivity contribution in [2.24, 2.45) is 0 Å². The number of imidazole rings is 1. The predicted molar refractivity (Wildman–Crippen MR) is 105 cm³/mol. The van der Waals surface area contributed by atoms with Crippen LogP contribution >= 0.6 is 23.7 Å². The third-order valence-corrected chi connectivity index (χ3v) is 5.21. The van der Waals surface area contributed by atoms with Gasteiger partial charge in [0.25, 0.3) is 0 Å². The highest BCUT2D eigenvalue weighted by Crippen LogP contribution is 2.23. The molecule has 0 saturated carbocycles. The van der Waals surface area contributed by atoms with E-state index in [0.717, 1.165) is 34.9 Å². The standard InChI is InChI=1S/C18H20N4OS.ClH/c23-17(8-7-14-2-1-9-19-14)20-15-5-3-13(4-6-15)16-12-22-10-11-24-18(22)21-16;/h3-6,10-12,14,19H,1-2,7-9H2,(H,20,23);1H. The maximum absolute atomic E-state index is 12.1. The lowest BCUT2D eigenvalue weighted by Crippen LogP contribution is -2.23. The number of aromatic nitrogens is 2. The molecule has 2 N–H and O–H groups in total. The summed E-state index contributed by atoms with van der Waals surface area (Å²) in [5, 5.41) is 8.42. The van der Waals surface area contributed by atoms with Crippen LogP contribution in [0.1, 0.15) is 25.7 Å². The van der Waals surface area contributed by atoms with Gasteiger partial charge in [0, 0.05) is 41.5 Å². The molecule has 3 heterocycles. The summed E-state index contributed by atoms with van der Waals surface area (Å²) in [7, 11) is 0. The summed E-state index contributed by atoms with van der Waals surface area (Å²) in [6, 6.07) is 8.39. The molecule has 0 radical (unpaired) electrons. The Hall–Kier alpha value is -1.89. The molecule has 1 unspecified atom stereocenters. The zero-order valence-corrected chi connectivity index (χ0v) is 15.4. The number of halogens is 1. The number of carbonyl (C=O) groups is 1. The van der Waals surface area contributed by atoms with Crippen LogP contribution in [0, 0.1) is 0 Å². The zero-order chi connectivity index (χ0) is 16.4. The lowest BCUT2D eigenvalue weighted by molar-refractivity contribution is -0.116. The summed E-state index contributed by atoms with van der Waals surface area (Å²) in [5.74, 6) is 0.0824. The van der Waals surface area contributed by atoms with Gasteiger partial charge in [0.2, 0.25) is 5.91 Å². The molecule has 0 aliphatic carbocycles. The molecule has 0 spiro atoms. The summed E-state index contributed by atoms with van der Waals surface area (Å²) >= 11 is 1.62. The Labute approximate surface area is 156 Å². The van der Waals surface area contributed by atoms with Gasteiger partial charge in [0.05, 0.1) is 5.69 Å². The number of hydrogen-bond donors (Lipinski definition) is 2. The fourth-order valence-corrected chi connectivity index (χ4v) is 3.82. The van der Waals surface area contributed by atoms with Crippen LogP contribution in [0.15, 0.2) is 42.0 Å². The van der Waals surface area contributed by atoms with Gasteiger partial charge in [-0.25, -0.2) is 4.98 Å². The van der Waals surface area contributed by atoms with Gasteiger partial charge in [-0.2, -0.15) is 0 Å². The molecule has 1 saturated heterocycles. The normalized spacial score (nSPS) is 16.7. The maximum Gasteiger partial charge on any atom is 0.224 e. The van der Waals surface area contributed by atoms with Gasteiger partial charge < -0.3 is 10.6 Å². The molecule has 1 atom stereocenters. The van der Waals surface area contributed by atoms with Gasteiger partial charge in [-0.05, 0) is 37.9 Å². The van der Waals surface area contributed by atoms with E-state index in [4.69, 9.17) is 0 Å². The molecule has 4 rings (SSSR count). The first-order valence-corrected chi connectivity index (χ1v) is 9.22. The molecular weight excluding hydrogens is 356 g/mol. The van der Waals surface area contributed by atoms with Crippen LogP contribution in [0.5, 0.6) is 0 Å². The fourth-order valence-electron chi connectivity index (χ4n) is 3.12. The van der Waals surface area contributed by atoms with Crippen molar-refractivity contribution in [3.8, 4) is 11.3 Å². The summed E-state index contributed by atoms with van der Waals surface area (Å²) in [4.78, 5) is 17.6. The topological polar surface area (TPSA) is 58.4 Å². The van der Waals surface area contributed by atoms with Crippen molar-refractivity contribution < 1.29 is 4.79 Å². The number of thiazole rings is 1. The van der Waals surface area contributed by atoms with Crippen LogP contribution in [0.4, 0.5) is 5.69 Å².